The lowest BCUT2D eigenvalue weighted by molar-refractivity contribution is -0.0399. The summed E-state index contributed by atoms with van der Waals surface area (Å²) in [4.78, 5) is 2.38. The van der Waals surface area contributed by atoms with Crippen LogP contribution in [0.5, 0.6) is 0 Å². The van der Waals surface area contributed by atoms with Crippen molar-refractivity contribution >= 4 is 27.8 Å². The molecule has 0 amide bonds. The lowest BCUT2D eigenvalue weighted by Crippen LogP contribution is -2.55. The molecule has 1 spiro atoms. The molecule has 0 saturated heterocycles. The maximum Gasteiger partial charge on any atom is 0.0462 e. The molecule has 0 heterocycles. The third-order valence-corrected chi connectivity index (χ3v) is 16.9. The quantitative estimate of drug-likeness (QED) is 0.147. The Morgan fingerprint density at radius 2 is 0.710 bits per heavy atom. The predicted molar refractivity (Wildman–Crippen MR) is 289 cm³/mol. The van der Waals surface area contributed by atoms with Gasteiger partial charge in [0.25, 0.3) is 0 Å². The van der Waals surface area contributed by atoms with E-state index in [0.29, 0.717) is 0 Å². The van der Waals surface area contributed by atoms with E-state index in [2.05, 4.69) is 241 Å². The predicted octanol–water partition coefficient (Wildman–Crippen LogP) is 18.4. The molecule has 10 aromatic rings. The van der Waals surface area contributed by atoms with Crippen LogP contribution in [0.1, 0.15) is 43.2 Å². The van der Waals surface area contributed by atoms with Gasteiger partial charge in [-0.25, -0.2) is 0 Å². The molecular formula is C68H53N. The largest absolute Gasteiger partial charge is 0.311 e. The minimum atomic E-state index is 0.184. The molecular weight excluding hydrogens is 831 g/mol. The van der Waals surface area contributed by atoms with Crippen LogP contribution >= 0.6 is 0 Å². The second-order valence-corrected chi connectivity index (χ2v) is 20.5. The summed E-state index contributed by atoms with van der Waals surface area (Å²) in [5.74, 6) is 3.42. The molecule has 5 aliphatic carbocycles. The third-order valence-electron chi connectivity index (χ3n) is 16.9. The van der Waals surface area contributed by atoms with Crippen LogP contribution in [0.25, 0.3) is 77.5 Å². The fourth-order valence-electron chi connectivity index (χ4n) is 14.0. The second-order valence-electron chi connectivity index (χ2n) is 20.5. The highest BCUT2D eigenvalue weighted by atomic mass is 15.1. The molecule has 0 aliphatic heterocycles. The van der Waals surface area contributed by atoms with E-state index >= 15 is 0 Å². The summed E-state index contributed by atoms with van der Waals surface area (Å²) in [6.07, 6.45) is 7.11. The number of hydrogen-bond donors (Lipinski definition) is 0. The fraction of sp³-hybridized carbons (Fsp3) is 0.147. The summed E-state index contributed by atoms with van der Waals surface area (Å²) in [6.45, 7) is 0. The molecule has 69 heavy (non-hydrogen) atoms. The summed E-state index contributed by atoms with van der Waals surface area (Å²) < 4.78 is 0. The summed E-state index contributed by atoms with van der Waals surface area (Å²) in [5, 5.41) is 2.54. The van der Waals surface area contributed by atoms with Crippen LogP contribution in [-0.2, 0) is 5.41 Å². The first-order valence-electron chi connectivity index (χ1n) is 25.2. The molecule has 0 atom stereocenters. The molecule has 1 nitrogen and oxygen atoms in total. The van der Waals surface area contributed by atoms with Crippen molar-refractivity contribution in [2.24, 2.45) is 23.7 Å². The zero-order chi connectivity index (χ0) is 45.5. The Kier molecular flexibility index (Phi) is 9.48. The van der Waals surface area contributed by atoms with Crippen molar-refractivity contribution in [3.63, 3.8) is 0 Å². The van der Waals surface area contributed by atoms with Crippen molar-refractivity contribution in [2.75, 3.05) is 4.90 Å². The number of hydrogen-bond acceptors (Lipinski definition) is 1. The molecule has 10 aromatic carbocycles. The van der Waals surface area contributed by atoms with Gasteiger partial charge in [0.15, 0.2) is 0 Å². The summed E-state index contributed by atoms with van der Waals surface area (Å²) in [7, 11) is 0. The first-order chi connectivity index (χ1) is 34.1. The third kappa shape index (κ3) is 6.66. The molecule has 330 valence electrons. The minimum Gasteiger partial charge on any atom is -0.311 e. The second kappa shape index (κ2) is 16.2. The van der Waals surface area contributed by atoms with Gasteiger partial charge in [-0.1, -0.05) is 182 Å². The average Bonchev–Trinajstić information content (AvgIpc) is 3.71. The van der Waals surface area contributed by atoms with E-state index in [9.17, 15) is 0 Å². The smallest absolute Gasteiger partial charge is 0.0462 e. The monoisotopic (exact) mass is 883 g/mol. The first-order valence-corrected chi connectivity index (χ1v) is 25.2. The number of rotatable bonds is 8. The van der Waals surface area contributed by atoms with Gasteiger partial charge in [-0.2, -0.15) is 0 Å². The molecule has 15 rings (SSSR count). The van der Waals surface area contributed by atoms with Crippen LogP contribution in [0.4, 0.5) is 17.1 Å². The van der Waals surface area contributed by atoms with E-state index in [4.69, 9.17) is 0 Å². The number of fused-ring (bicyclic) bond motifs is 4. The van der Waals surface area contributed by atoms with Gasteiger partial charge in [0.2, 0.25) is 0 Å². The Morgan fingerprint density at radius 1 is 0.290 bits per heavy atom. The number of anilines is 3. The maximum absolute atomic E-state index is 2.56. The molecule has 4 saturated carbocycles. The number of benzene rings is 10. The lowest BCUT2D eigenvalue weighted by atomic mass is 9.43. The molecule has 4 bridgehead atoms. The van der Waals surface area contributed by atoms with Gasteiger partial charge in [0.1, 0.15) is 0 Å². The van der Waals surface area contributed by atoms with E-state index in [-0.39, 0.29) is 5.41 Å². The van der Waals surface area contributed by atoms with Crippen LogP contribution in [0.2, 0.25) is 0 Å². The molecule has 1 heteroatoms. The standard InChI is InChI=1S/C68H53N/c1-3-11-47(12-4-1)49-19-21-50(22-20-49)52-25-32-60(33-26-52)69(59-30-23-51(24-31-59)48-13-5-2-6-14-48)61-34-27-53(28-35-61)64-44-56(42-55-15-7-8-16-62(55)64)54-29-36-67-65(43-54)63-17-9-10-18-66(63)68(67)57-38-45-37-46(40-57)41-58(68)39-45/h1-36,42-46,57-58H,37-41H2. The van der Waals surface area contributed by atoms with Gasteiger partial charge >= 0.3 is 0 Å². The Morgan fingerprint density at radius 3 is 1.28 bits per heavy atom. The van der Waals surface area contributed by atoms with Crippen molar-refractivity contribution in [2.45, 2.75) is 37.5 Å². The Balaban J connectivity index is 0.826. The Labute approximate surface area is 406 Å². The molecule has 0 aromatic heterocycles. The lowest BCUT2D eigenvalue weighted by Gasteiger charge is -2.61. The highest BCUT2D eigenvalue weighted by Crippen LogP contribution is 2.69. The highest BCUT2D eigenvalue weighted by Gasteiger charge is 2.61. The van der Waals surface area contributed by atoms with Gasteiger partial charge in [0, 0.05) is 22.5 Å². The molecule has 5 aliphatic rings. The van der Waals surface area contributed by atoms with Crippen LogP contribution in [0.15, 0.2) is 237 Å². The maximum atomic E-state index is 2.56. The highest BCUT2D eigenvalue weighted by molar-refractivity contribution is 6.01. The zero-order valence-corrected chi connectivity index (χ0v) is 38.8. The van der Waals surface area contributed by atoms with E-state index in [0.717, 1.165) is 40.7 Å². The van der Waals surface area contributed by atoms with Gasteiger partial charge in [-0.15, -0.1) is 0 Å². The topological polar surface area (TPSA) is 3.24 Å². The zero-order valence-electron chi connectivity index (χ0n) is 38.8. The summed E-state index contributed by atoms with van der Waals surface area (Å²) in [5.41, 5.74) is 22.0. The fourth-order valence-corrected chi connectivity index (χ4v) is 14.0. The number of nitrogens with zero attached hydrogens (tertiary/aromatic N) is 1. The summed E-state index contributed by atoms with van der Waals surface area (Å²) >= 11 is 0. The van der Waals surface area contributed by atoms with E-state index in [1.54, 1.807) is 11.1 Å². The van der Waals surface area contributed by atoms with E-state index < -0.39 is 0 Å². The first kappa shape index (κ1) is 40.3. The van der Waals surface area contributed by atoms with Crippen LogP contribution < -0.4 is 4.90 Å². The SMILES string of the molecule is c1ccc(-c2ccc(-c3ccc(N(c4ccc(-c5ccccc5)cc4)c4ccc(-c5cc(-c6ccc7c(c6)-c6ccccc6C76C7CC8CC(C7)CC6C8)cc6ccccc56)cc4)cc3)cc2)cc1. The molecule has 4 fully saturated rings. The van der Waals surface area contributed by atoms with Gasteiger partial charge < -0.3 is 4.90 Å². The molecule has 0 unspecified atom stereocenters. The molecule has 0 N–H and O–H groups in total. The van der Waals surface area contributed by atoms with Crippen LogP contribution in [0.3, 0.4) is 0 Å². The summed E-state index contributed by atoms with van der Waals surface area (Å²) in [6, 6.07) is 88.3. The van der Waals surface area contributed by atoms with E-state index in [1.165, 1.54) is 110 Å². The van der Waals surface area contributed by atoms with Crippen LogP contribution in [0, 0.1) is 23.7 Å². The van der Waals surface area contributed by atoms with Gasteiger partial charge in [-0.3, -0.25) is 0 Å². The van der Waals surface area contributed by atoms with Crippen molar-refractivity contribution < 1.29 is 0 Å². The van der Waals surface area contributed by atoms with Crippen molar-refractivity contribution in [3.05, 3.63) is 248 Å². The average molecular weight is 884 g/mol. The normalized spacial score (nSPS) is 20.5. The van der Waals surface area contributed by atoms with Crippen LogP contribution in [-0.4, -0.2) is 0 Å². The Hall–Kier alpha value is -7.74. The van der Waals surface area contributed by atoms with Crippen molar-refractivity contribution in [1.82, 2.24) is 0 Å². The Bertz CT molecular complexity index is 3490. The van der Waals surface area contributed by atoms with Crippen molar-refractivity contribution in [3.8, 4) is 66.8 Å². The molecule has 0 radical (unpaired) electrons. The van der Waals surface area contributed by atoms with Crippen molar-refractivity contribution in [1.29, 1.82) is 0 Å². The minimum absolute atomic E-state index is 0.184. The van der Waals surface area contributed by atoms with Gasteiger partial charge in [-0.05, 0) is 199 Å². The van der Waals surface area contributed by atoms with E-state index in [1.807, 2.05) is 0 Å². The van der Waals surface area contributed by atoms with Gasteiger partial charge in [0.05, 0.1) is 0 Å².